The molecule has 27 heavy (non-hydrogen) atoms. The number of unbranched alkanes of at least 4 members (excludes halogenated alkanes) is 2. The number of hydrogen-bond donors (Lipinski definition) is 0. The Morgan fingerprint density at radius 3 is 1.44 bits per heavy atom. The summed E-state index contributed by atoms with van der Waals surface area (Å²) in [6, 6.07) is 0. The standard InChI is InChI=1S/C11H24N.C2F6NO4S2/c1-5-9-10-11-12(6-2,7-3)8-4;3-1(4,5)14(10,11)9-15(12,13)2(6,7)8/h6H,2,5,7-11H2,1,3-4H3;/q+1;-1. The van der Waals surface area contributed by atoms with Crippen molar-refractivity contribution in [3.63, 3.8) is 0 Å². The van der Waals surface area contributed by atoms with E-state index in [1.54, 1.807) is 0 Å². The van der Waals surface area contributed by atoms with E-state index in [2.05, 4.69) is 33.6 Å². The van der Waals surface area contributed by atoms with Gasteiger partial charge in [-0.25, -0.2) is 16.8 Å². The molecule has 0 saturated carbocycles. The fourth-order valence-electron chi connectivity index (χ4n) is 1.78. The van der Waals surface area contributed by atoms with Crippen molar-refractivity contribution in [2.24, 2.45) is 0 Å². The number of hydrogen-bond acceptors (Lipinski definition) is 4. The van der Waals surface area contributed by atoms with Crippen LogP contribution in [0, 0.1) is 0 Å². The average molecular weight is 450 g/mol. The summed E-state index contributed by atoms with van der Waals surface area (Å²) >= 11 is 0. The highest BCUT2D eigenvalue weighted by Gasteiger charge is 2.46. The van der Waals surface area contributed by atoms with Crippen LogP contribution >= 0.6 is 0 Å². The van der Waals surface area contributed by atoms with Crippen molar-refractivity contribution < 1.29 is 47.7 Å². The van der Waals surface area contributed by atoms with E-state index >= 15 is 0 Å². The predicted octanol–water partition coefficient (Wildman–Crippen LogP) is 4.24. The van der Waals surface area contributed by atoms with Crippen LogP contribution in [0.25, 0.3) is 4.13 Å². The fourth-order valence-corrected chi connectivity index (χ4v) is 3.49. The molecule has 0 radical (unpaired) electrons. The third kappa shape index (κ3) is 9.25. The second-order valence-corrected chi connectivity index (χ2v) is 8.80. The zero-order chi connectivity index (χ0) is 22.2. The molecule has 0 N–H and O–H groups in total. The minimum atomic E-state index is -6.72. The molecule has 0 aromatic heterocycles. The molecule has 0 aromatic carbocycles. The van der Waals surface area contributed by atoms with Gasteiger partial charge in [0.15, 0.2) is 20.0 Å². The molecule has 14 heteroatoms. The quantitative estimate of drug-likeness (QED) is 0.299. The van der Waals surface area contributed by atoms with E-state index in [1.807, 2.05) is 0 Å². The third-order valence-corrected chi connectivity index (χ3v) is 6.38. The van der Waals surface area contributed by atoms with E-state index in [0.29, 0.717) is 0 Å². The molecule has 0 atom stereocenters. The first-order valence-electron chi connectivity index (χ1n) is 7.81. The maximum Gasteiger partial charge on any atom is 0.480 e. The summed E-state index contributed by atoms with van der Waals surface area (Å²) in [5.74, 6) is 0. The van der Waals surface area contributed by atoms with Crippen LogP contribution in [-0.2, 0) is 20.0 Å². The number of halogens is 6. The van der Waals surface area contributed by atoms with Crippen molar-refractivity contribution in [1.82, 2.24) is 0 Å². The van der Waals surface area contributed by atoms with Crippen molar-refractivity contribution in [2.45, 2.75) is 51.1 Å². The Bertz CT molecular complexity index is 611. The maximum absolute atomic E-state index is 11.4. The van der Waals surface area contributed by atoms with E-state index in [0.717, 1.165) is 8.61 Å². The first kappa shape index (κ1) is 28.4. The topological polar surface area (TPSA) is 82.4 Å². The third-order valence-electron chi connectivity index (χ3n) is 3.64. The molecule has 0 saturated heterocycles. The molecule has 0 fully saturated rings. The van der Waals surface area contributed by atoms with Crippen LogP contribution in [0.15, 0.2) is 12.8 Å². The second kappa shape index (κ2) is 10.6. The van der Waals surface area contributed by atoms with Gasteiger partial charge >= 0.3 is 11.0 Å². The van der Waals surface area contributed by atoms with E-state index in [1.165, 1.54) is 38.9 Å². The Morgan fingerprint density at radius 1 is 0.852 bits per heavy atom. The molecule has 6 nitrogen and oxygen atoms in total. The van der Waals surface area contributed by atoms with E-state index < -0.39 is 31.1 Å². The van der Waals surface area contributed by atoms with Crippen LogP contribution in [-0.4, -0.2) is 52.0 Å². The summed E-state index contributed by atoms with van der Waals surface area (Å²) in [5, 5.41) is 0. The first-order chi connectivity index (χ1) is 11.9. The van der Waals surface area contributed by atoms with Gasteiger partial charge in [-0.1, -0.05) is 13.3 Å². The lowest BCUT2D eigenvalue weighted by molar-refractivity contribution is -0.876. The van der Waals surface area contributed by atoms with Crippen molar-refractivity contribution in [3.8, 4) is 0 Å². The molecule has 0 aliphatic carbocycles. The van der Waals surface area contributed by atoms with Gasteiger partial charge in [-0.3, -0.25) is 4.48 Å². The summed E-state index contributed by atoms with van der Waals surface area (Å²) in [5.41, 5.74) is -12.4. The lowest BCUT2D eigenvalue weighted by atomic mass is 10.2. The van der Waals surface area contributed by atoms with Crippen LogP contribution in [0.4, 0.5) is 26.3 Å². The second-order valence-electron chi connectivity index (χ2n) is 5.38. The normalized spacial score (nSPS) is 13.7. The Kier molecular flexibility index (Phi) is 11.2. The van der Waals surface area contributed by atoms with Crippen LogP contribution in [0.1, 0.15) is 40.0 Å². The number of nitrogens with zero attached hydrogens (tertiary/aromatic N) is 2. The number of alkyl halides is 6. The zero-order valence-corrected chi connectivity index (χ0v) is 16.8. The van der Waals surface area contributed by atoms with Gasteiger partial charge in [0.05, 0.1) is 25.8 Å². The largest absolute Gasteiger partial charge is 0.480 e. The van der Waals surface area contributed by atoms with Crippen molar-refractivity contribution in [2.75, 3.05) is 19.6 Å². The summed E-state index contributed by atoms with van der Waals surface area (Å²) in [6.07, 6.45) is 6.11. The van der Waals surface area contributed by atoms with Crippen molar-refractivity contribution >= 4 is 20.0 Å². The van der Waals surface area contributed by atoms with Crippen LogP contribution in [0.5, 0.6) is 0 Å². The van der Waals surface area contributed by atoms with Crippen molar-refractivity contribution in [3.05, 3.63) is 16.9 Å². The summed E-state index contributed by atoms with van der Waals surface area (Å²) in [4.78, 5) is 0. The van der Waals surface area contributed by atoms with Crippen LogP contribution < -0.4 is 0 Å². The summed E-state index contributed by atoms with van der Waals surface area (Å²) in [7, 11) is -13.4. The van der Waals surface area contributed by atoms with Gasteiger partial charge in [-0.15, -0.1) is 0 Å². The minimum absolute atomic E-state index is 0.778. The molecule has 164 valence electrons. The lowest BCUT2D eigenvalue weighted by Gasteiger charge is -2.32. The Labute approximate surface area is 155 Å². The van der Waals surface area contributed by atoms with Gasteiger partial charge < -0.3 is 4.13 Å². The first-order valence-corrected chi connectivity index (χ1v) is 10.7. The van der Waals surface area contributed by atoms with E-state index in [4.69, 9.17) is 0 Å². The Balaban J connectivity index is 0. The monoisotopic (exact) mass is 450 g/mol. The highest BCUT2D eigenvalue weighted by Crippen LogP contribution is 2.36. The van der Waals surface area contributed by atoms with E-state index in [9.17, 15) is 43.2 Å². The number of sulfonamides is 2. The van der Waals surface area contributed by atoms with Crippen molar-refractivity contribution in [1.29, 1.82) is 0 Å². The fraction of sp³-hybridized carbons (Fsp3) is 0.846. The molecule has 0 heterocycles. The van der Waals surface area contributed by atoms with Crippen LogP contribution in [0.2, 0.25) is 0 Å². The Morgan fingerprint density at radius 2 is 1.22 bits per heavy atom. The summed E-state index contributed by atoms with van der Waals surface area (Å²) in [6.45, 7) is 14.3. The van der Waals surface area contributed by atoms with E-state index in [-0.39, 0.29) is 0 Å². The predicted molar refractivity (Wildman–Crippen MR) is 89.2 cm³/mol. The smallest absolute Gasteiger partial charge is 0.421 e. The van der Waals surface area contributed by atoms with Gasteiger partial charge in [0.1, 0.15) is 0 Å². The molecular weight excluding hydrogens is 426 g/mol. The van der Waals surface area contributed by atoms with Gasteiger partial charge in [0.25, 0.3) is 0 Å². The number of quaternary nitrogens is 1. The molecule has 0 rings (SSSR count). The van der Waals surface area contributed by atoms with Gasteiger partial charge in [0.2, 0.25) is 0 Å². The SMILES string of the molecule is C=C[N+](CC)(CC)CCCCC.O=S(=O)([N-]S(=O)(=O)C(F)(F)F)C(F)(F)F. The average Bonchev–Trinajstić information content (AvgIpc) is 2.50. The molecule has 0 bridgehead atoms. The highest BCUT2D eigenvalue weighted by molar-refractivity contribution is 8.13. The maximum atomic E-state index is 11.4. The van der Waals surface area contributed by atoms with Gasteiger partial charge in [-0.05, 0) is 33.3 Å². The molecular formula is C13H24F6N2O4S2. The minimum Gasteiger partial charge on any atom is -0.421 e. The molecule has 0 spiro atoms. The Hall–Kier alpha value is -0.860. The molecule has 0 aliphatic rings. The molecule has 0 amide bonds. The summed E-state index contributed by atoms with van der Waals surface area (Å²) < 4.78 is 110. The van der Waals surface area contributed by atoms with Crippen LogP contribution in [0.3, 0.4) is 0 Å². The molecule has 0 unspecified atom stereocenters. The molecule has 0 aliphatic heterocycles. The zero-order valence-electron chi connectivity index (χ0n) is 15.1. The van der Waals surface area contributed by atoms with Gasteiger partial charge in [-0.2, -0.15) is 26.3 Å². The molecule has 0 aromatic rings. The lowest BCUT2D eigenvalue weighted by Crippen LogP contribution is -2.42. The highest BCUT2D eigenvalue weighted by atomic mass is 32.3. The number of rotatable bonds is 9. The van der Waals surface area contributed by atoms with Gasteiger partial charge in [0, 0.05) is 0 Å².